The van der Waals surface area contributed by atoms with Crippen LogP contribution in [0.4, 0.5) is 0 Å². The average Bonchev–Trinajstić information content (AvgIpc) is 3.07. The fourth-order valence-corrected chi connectivity index (χ4v) is 4.11. The highest BCUT2D eigenvalue weighted by atomic mass is 16.5. The van der Waals surface area contributed by atoms with E-state index in [9.17, 15) is 19.2 Å². The van der Waals surface area contributed by atoms with Crippen LogP contribution in [0.3, 0.4) is 0 Å². The van der Waals surface area contributed by atoms with Gasteiger partial charge in [0.05, 0.1) is 11.1 Å². The molecule has 0 heterocycles. The molecule has 10 nitrogen and oxygen atoms in total. The first-order chi connectivity index (χ1) is 21.5. The standard InChI is InChI=1S/C34H34N4O6/c39-31(35-37-33(41)27-17-7-9-19-29(27)43-23-25-13-3-1-4-14-25)21-11-12-22-32(40)36-38-34(42)28-18-8-10-20-30(28)44-24-26-15-5-2-6-16-26/h1-10,13-20H,11-12,21-24H2,(H,35,39)(H,36,40)(H,37,41)(H,38,42). The van der Waals surface area contributed by atoms with Crippen LogP contribution >= 0.6 is 0 Å². The molecule has 0 unspecified atom stereocenters. The Labute approximate surface area is 255 Å². The molecule has 0 aliphatic carbocycles. The van der Waals surface area contributed by atoms with Gasteiger partial charge in [-0.2, -0.15) is 0 Å². The highest BCUT2D eigenvalue weighted by Crippen LogP contribution is 2.20. The molecule has 10 heteroatoms. The van der Waals surface area contributed by atoms with Crippen LogP contribution in [0.15, 0.2) is 109 Å². The van der Waals surface area contributed by atoms with Crippen LogP contribution in [0.25, 0.3) is 0 Å². The summed E-state index contributed by atoms with van der Waals surface area (Å²) in [5, 5.41) is 0. The van der Waals surface area contributed by atoms with Crippen LogP contribution in [0.1, 0.15) is 57.5 Å². The molecule has 44 heavy (non-hydrogen) atoms. The van der Waals surface area contributed by atoms with Crippen molar-refractivity contribution in [3.63, 3.8) is 0 Å². The summed E-state index contributed by atoms with van der Waals surface area (Å²) in [4.78, 5) is 49.8. The summed E-state index contributed by atoms with van der Waals surface area (Å²) in [5.41, 5.74) is 12.1. The van der Waals surface area contributed by atoms with E-state index in [0.717, 1.165) is 11.1 Å². The van der Waals surface area contributed by atoms with Gasteiger partial charge in [0.1, 0.15) is 24.7 Å². The van der Waals surface area contributed by atoms with E-state index >= 15 is 0 Å². The fourth-order valence-electron chi connectivity index (χ4n) is 4.11. The second kappa shape index (κ2) is 16.7. The van der Waals surface area contributed by atoms with E-state index in [4.69, 9.17) is 9.47 Å². The van der Waals surface area contributed by atoms with E-state index in [1.165, 1.54) is 0 Å². The van der Waals surface area contributed by atoms with Crippen molar-refractivity contribution < 1.29 is 28.7 Å². The number of hydrazine groups is 2. The third-order valence-electron chi connectivity index (χ3n) is 6.43. The molecule has 4 N–H and O–H groups in total. The van der Waals surface area contributed by atoms with Gasteiger partial charge in [-0.05, 0) is 48.2 Å². The van der Waals surface area contributed by atoms with Crippen LogP contribution in [-0.4, -0.2) is 23.6 Å². The second-order valence-corrected chi connectivity index (χ2v) is 9.75. The number of ether oxygens (including phenoxy) is 2. The number of benzene rings is 4. The number of amides is 4. The minimum absolute atomic E-state index is 0.0954. The summed E-state index contributed by atoms with van der Waals surface area (Å²) >= 11 is 0. The number of hydrogen-bond acceptors (Lipinski definition) is 6. The van der Waals surface area contributed by atoms with Gasteiger partial charge in [0.25, 0.3) is 11.8 Å². The van der Waals surface area contributed by atoms with Crippen LogP contribution in [0.5, 0.6) is 11.5 Å². The Morgan fingerprint density at radius 2 is 0.818 bits per heavy atom. The van der Waals surface area contributed by atoms with E-state index in [1.807, 2.05) is 60.7 Å². The lowest BCUT2D eigenvalue weighted by atomic mass is 10.2. The monoisotopic (exact) mass is 594 g/mol. The van der Waals surface area contributed by atoms with Crippen LogP contribution < -0.4 is 31.2 Å². The molecule has 0 atom stereocenters. The van der Waals surface area contributed by atoms with E-state index in [1.54, 1.807) is 48.5 Å². The minimum Gasteiger partial charge on any atom is -0.488 e. The molecule has 4 aromatic rings. The molecule has 0 aliphatic heterocycles. The van der Waals surface area contributed by atoms with Gasteiger partial charge in [0, 0.05) is 12.8 Å². The Hall–Kier alpha value is -5.64. The van der Waals surface area contributed by atoms with E-state index in [-0.39, 0.29) is 24.0 Å². The van der Waals surface area contributed by atoms with Crippen molar-refractivity contribution >= 4 is 23.6 Å². The third kappa shape index (κ3) is 10.0. The quantitative estimate of drug-likeness (QED) is 0.132. The number of rotatable bonds is 13. The number of carbonyl (C=O) groups excluding carboxylic acids is 4. The number of nitrogens with one attached hydrogen (secondary N) is 4. The Kier molecular flexibility index (Phi) is 11.9. The van der Waals surface area contributed by atoms with Crippen molar-refractivity contribution in [2.45, 2.75) is 38.9 Å². The predicted octanol–water partition coefficient (Wildman–Crippen LogP) is 4.63. The van der Waals surface area contributed by atoms with Gasteiger partial charge in [0.2, 0.25) is 11.8 Å². The van der Waals surface area contributed by atoms with Crippen molar-refractivity contribution in [2.75, 3.05) is 0 Å². The van der Waals surface area contributed by atoms with Gasteiger partial charge in [-0.25, -0.2) is 0 Å². The Morgan fingerprint density at radius 3 is 1.23 bits per heavy atom. The molecule has 0 aliphatic rings. The maximum Gasteiger partial charge on any atom is 0.273 e. The van der Waals surface area contributed by atoms with Gasteiger partial charge >= 0.3 is 0 Å². The summed E-state index contributed by atoms with van der Waals surface area (Å²) in [6.07, 6.45) is 0.989. The minimum atomic E-state index is -0.510. The maximum atomic E-state index is 12.7. The Morgan fingerprint density at radius 1 is 0.455 bits per heavy atom. The lowest BCUT2D eigenvalue weighted by Gasteiger charge is -2.13. The zero-order valence-corrected chi connectivity index (χ0v) is 24.1. The maximum absolute atomic E-state index is 12.7. The molecule has 4 rings (SSSR count). The molecule has 0 fully saturated rings. The number of hydrogen-bond donors (Lipinski definition) is 4. The highest BCUT2D eigenvalue weighted by Gasteiger charge is 2.15. The fraction of sp³-hybridized carbons (Fsp3) is 0.176. The molecule has 226 valence electrons. The number of unbranched alkanes of at least 4 members (excludes halogenated alkanes) is 1. The van der Waals surface area contributed by atoms with E-state index in [0.29, 0.717) is 37.6 Å². The lowest BCUT2D eigenvalue weighted by Crippen LogP contribution is -2.42. The summed E-state index contributed by atoms with van der Waals surface area (Å²) < 4.78 is 11.6. The predicted molar refractivity (Wildman–Crippen MR) is 164 cm³/mol. The number of para-hydroxylation sites is 2. The molecule has 0 aromatic heterocycles. The van der Waals surface area contributed by atoms with Gasteiger partial charge < -0.3 is 9.47 Å². The van der Waals surface area contributed by atoms with Gasteiger partial charge in [0.15, 0.2) is 0 Å². The molecule has 0 spiro atoms. The van der Waals surface area contributed by atoms with Crippen molar-refractivity contribution in [1.82, 2.24) is 21.7 Å². The molecule has 0 saturated heterocycles. The molecular weight excluding hydrogens is 560 g/mol. The lowest BCUT2D eigenvalue weighted by molar-refractivity contribution is -0.123. The average molecular weight is 595 g/mol. The zero-order chi connectivity index (χ0) is 31.0. The summed E-state index contributed by atoms with van der Waals surface area (Å²) in [7, 11) is 0. The van der Waals surface area contributed by atoms with E-state index < -0.39 is 23.6 Å². The van der Waals surface area contributed by atoms with Crippen LogP contribution in [-0.2, 0) is 22.8 Å². The zero-order valence-electron chi connectivity index (χ0n) is 24.1. The first kappa shape index (κ1) is 31.3. The Bertz CT molecular complexity index is 1430. The molecule has 4 amide bonds. The highest BCUT2D eigenvalue weighted by molar-refractivity contribution is 5.98. The van der Waals surface area contributed by atoms with Crippen LogP contribution in [0, 0.1) is 0 Å². The molecular formula is C34H34N4O6. The Balaban J connectivity index is 1.12. The van der Waals surface area contributed by atoms with Crippen molar-refractivity contribution in [2.24, 2.45) is 0 Å². The summed E-state index contributed by atoms with van der Waals surface area (Å²) in [5.74, 6) is -1.04. The summed E-state index contributed by atoms with van der Waals surface area (Å²) in [6.45, 7) is 0.594. The van der Waals surface area contributed by atoms with Gasteiger partial charge in [-0.3, -0.25) is 40.9 Å². The van der Waals surface area contributed by atoms with Gasteiger partial charge in [-0.15, -0.1) is 0 Å². The normalized spacial score (nSPS) is 10.3. The molecule has 0 bridgehead atoms. The SMILES string of the molecule is O=C(CCCCC(=O)NNC(=O)c1ccccc1OCc1ccccc1)NNC(=O)c1ccccc1OCc1ccccc1. The van der Waals surface area contributed by atoms with Crippen LogP contribution in [0.2, 0.25) is 0 Å². The topological polar surface area (TPSA) is 135 Å². The van der Waals surface area contributed by atoms with Crippen molar-refractivity contribution in [1.29, 1.82) is 0 Å². The molecule has 0 radical (unpaired) electrons. The molecule has 4 aromatic carbocycles. The van der Waals surface area contributed by atoms with Gasteiger partial charge in [-0.1, -0.05) is 84.9 Å². The largest absolute Gasteiger partial charge is 0.488 e. The van der Waals surface area contributed by atoms with Crippen molar-refractivity contribution in [3.05, 3.63) is 131 Å². The number of carbonyl (C=O) groups is 4. The third-order valence-corrected chi connectivity index (χ3v) is 6.43. The summed E-state index contributed by atoms with van der Waals surface area (Å²) in [6, 6.07) is 32.7. The first-order valence-electron chi connectivity index (χ1n) is 14.2. The molecule has 0 saturated carbocycles. The van der Waals surface area contributed by atoms with Crippen molar-refractivity contribution in [3.8, 4) is 11.5 Å². The van der Waals surface area contributed by atoms with E-state index in [2.05, 4.69) is 21.7 Å². The second-order valence-electron chi connectivity index (χ2n) is 9.75. The smallest absolute Gasteiger partial charge is 0.273 e. The first-order valence-corrected chi connectivity index (χ1v) is 14.2.